The molecule has 0 heterocycles. The summed E-state index contributed by atoms with van der Waals surface area (Å²) in [7, 11) is 1.48. The Bertz CT molecular complexity index is 282. The number of nitrogens with one attached hydrogen (secondary N) is 2. The van der Waals surface area contributed by atoms with E-state index in [2.05, 4.69) is 10.6 Å². The smallest absolute Gasteiger partial charge is 0.326 e. The lowest BCUT2D eigenvalue weighted by Crippen LogP contribution is -2.47. The quantitative estimate of drug-likeness (QED) is 0.394. The van der Waals surface area contributed by atoms with Crippen molar-refractivity contribution in [2.24, 2.45) is 5.73 Å². The van der Waals surface area contributed by atoms with Crippen molar-refractivity contribution in [3.63, 3.8) is 0 Å². The Hall–Kier alpha value is -1.83. The van der Waals surface area contributed by atoms with Gasteiger partial charge in [0.25, 0.3) is 0 Å². The summed E-state index contributed by atoms with van der Waals surface area (Å²) in [5, 5.41) is 13.4. The Kier molecular flexibility index (Phi) is 7.44. The molecule has 0 fully saturated rings. The fourth-order valence-electron chi connectivity index (χ4n) is 1.02. The van der Waals surface area contributed by atoms with Gasteiger partial charge in [-0.25, -0.2) is 9.59 Å². The Labute approximate surface area is 98.5 Å². The van der Waals surface area contributed by atoms with Crippen molar-refractivity contribution < 1.29 is 24.2 Å². The average molecular weight is 247 g/mol. The van der Waals surface area contributed by atoms with Crippen molar-refractivity contribution in [2.45, 2.75) is 18.9 Å². The van der Waals surface area contributed by atoms with E-state index in [1.807, 2.05) is 0 Å². The van der Waals surface area contributed by atoms with Gasteiger partial charge in [-0.3, -0.25) is 4.79 Å². The molecule has 0 aliphatic heterocycles. The maximum Gasteiger partial charge on any atom is 0.326 e. The number of amides is 3. The monoisotopic (exact) mass is 247 g/mol. The van der Waals surface area contributed by atoms with E-state index < -0.39 is 23.9 Å². The number of carboxylic acids is 1. The van der Waals surface area contributed by atoms with E-state index in [1.165, 1.54) is 7.11 Å². The van der Waals surface area contributed by atoms with Crippen LogP contribution in [0.15, 0.2) is 0 Å². The molecule has 0 aliphatic rings. The third-order valence-corrected chi connectivity index (χ3v) is 1.87. The third-order valence-electron chi connectivity index (χ3n) is 1.87. The molecule has 17 heavy (non-hydrogen) atoms. The van der Waals surface area contributed by atoms with Crippen LogP contribution in [0.1, 0.15) is 12.8 Å². The summed E-state index contributed by atoms with van der Waals surface area (Å²) in [5.74, 6) is -1.83. The molecule has 0 rings (SSSR count). The van der Waals surface area contributed by atoms with Crippen molar-refractivity contribution in [3.05, 3.63) is 0 Å². The molecule has 1 unspecified atom stereocenters. The van der Waals surface area contributed by atoms with Gasteiger partial charge in [0.2, 0.25) is 5.91 Å². The van der Waals surface area contributed by atoms with Crippen LogP contribution in [-0.2, 0) is 14.3 Å². The third kappa shape index (κ3) is 8.03. The standard InChI is InChI=1S/C9H17N3O5/c1-17-5-4-11-9(16)12-6(8(14)15)2-3-7(10)13/h6H,2-5H2,1H3,(H2,10,13)(H,14,15)(H2,11,12,16). The number of carboxylic acid groups (broad SMARTS) is 1. The van der Waals surface area contributed by atoms with Crippen molar-refractivity contribution in [2.75, 3.05) is 20.3 Å². The second-order valence-corrected chi connectivity index (χ2v) is 3.29. The number of carbonyl (C=O) groups is 3. The Morgan fingerprint density at radius 2 is 2.06 bits per heavy atom. The zero-order chi connectivity index (χ0) is 13.3. The highest BCUT2D eigenvalue weighted by atomic mass is 16.5. The first kappa shape index (κ1) is 15.2. The molecule has 0 aromatic carbocycles. The highest BCUT2D eigenvalue weighted by Crippen LogP contribution is 1.97. The van der Waals surface area contributed by atoms with Crippen LogP contribution in [0.5, 0.6) is 0 Å². The molecule has 0 aromatic heterocycles. The summed E-state index contributed by atoms with van der Waals surface area (Å²) in [6.07, 6.45) is -0.141. The van der Waals surface area contributed by atoms with Gasteiger partial charge in [-0.05, 0) is 6.42 Å². The lowest BCUT2D eigenvalue weighted by atomic mass is 10.1. The zero-order valence-corrected chi connectivity index (χ0v) is 9.56. The first-order valence-corrected chi connectivity index (χ1v) is 5.01. The van der Waals surface area contributed by atoms with Crippen LogP contribution < -0.4 is 16.4 Å². The van der Waals surface area contributed by atoms with Crippen LogP contribution in [-0.4, -0.2) is 49.3 Å². The number of aliphatic carboxylic acids is 1. The Balaban J connectivity index is 4.02. The lowest BCUT2D eigenvalue weighted by Gasteiger charge is -2.14. The predicted molar refractivity (Wildman–Crippen MR) is 58.3 cm³/mol. The Morgan fingerprint density at radius 1 is 1.41 bits per heavy atom. The van der Waals surface area contributed by atoms with Gasteiger partial charge in [0.1, 0.15) is 6.04 Å². The summed E-state index contributed by atoms with van der Waals surface area (Å²) in [6.45, 7) is 0.594. The van der Waals surface area contributed by atoms with Crippen molar-refractivity contribution in [1.82, 2.24) is 10.6 Å². The average Bonchev–Trinajstić information content (AvgIpc) is 2.23. The summed E-state index contributed by atoms with van der Waals surface area (Å²) in [6, 6.07) is -1.76. The molecule has 0 saturated heterocycles. The number of hydrogen-bond donors (Lipinski definition) is 4. The number of ether oxygens (including phenoxy) is 1. The topological polar surface area (TPSA) is 131 Å². The number of methoxy groups -OCH3 is 1. The minimum atomic E-state index is -1.21. The molecule has 0 bridgehead atoms. The van der Waals surface area contributed by atoms with Gasteiger partial charge in [0, 0.05) is 20.1 Å². The van der Waals surface area contributed by atoms with E-state index in [1.54, 1.807) is 0 Å². The number of primary amides is 1. The minimum Gasteiger partial charge on any atom is -0.480 e. The second kappa shape index (κ2) is 8.34. The highest BCUT2D eigenvalue weighted by molar-refractivity contribution is 5.83. The first-order valence-electron chi connectivity index (χ1n) is 5.01. The van der Waals surface area contributed by atoms with Crippen LogP contribution >= 0.6 is 0 Å². The van der Waals surface area contributed by atoms with Crippen LogP contribution in [0.4, 0.5) is 4.79 Å². The predicted octanol–water partition coefficient (Wildman–Crippen LogP) is -1.35. The molecule has 8 heteroatoms. The fraction of sp³-hybridized carbons (Fsp3) is 0.667. The van der Waals surface area contributed by atoms with Crippen LogP contribution in [0, 0.1) is 0 Å². The van der Waals surface area contributed by atoms with Gasteiger partial charge in [-0.2, -0.15) is 0 Å². The number of rotatable bonds is 8. The number of carbonyl (C=O) groups excluding carboxylic acids is 2. The molecular weight excluding hydrogens is 230 g/mol. The van der Waals surface area contributed by atoms with Gasteiger partial charge in [-0.15, -0.1) is 0 Å². The lowest BCUT2D eigenvalue weighted by molar-refractivity contribution is -0.139. The molecule has 8 nitrogen and oxygen atoms in total. The molecule has 98 valence electrons. The molecule has 3 amide bonds. The maximum absolute atomic E-state index is 11.2. The van der Waals surface area contributed by atoms with E-state index in [-0.39, 0.29) is 19.4 Å². The van der Waals surface area contributed by atoms with Gasteiger partial charge in [-0.1, -0.05) is 0 Å². The minimum absolute atomic E-state index is 0.0393. The van der Waals surface area contributed by atoms with Gasteiger partial charge < -0.3 is 26.2 Å². The van der Waals surface area contributed by atoms with Crippen LogP contribution in [0.2, 0.25) is 0 Å². The van der Waals surface area contributed by atoms with Crippen molar-refractivity contribution in [1.29, 1.82) is 0 Å². The zero-order valence-electron chi connectivity index (χ0n) is 9.56. The Morgan fingerprint density at radius 3 is 2.53 bits per heavy atom. The van der Waals surface area contributed by atoms with Crippen LogP contribution in [0.3, 0.4) is 0 Å². The summed E-state index contributed by atoms with van der Waals surface area (Å²) in [5.41, 5.74) is 4.89. The summed E-state index contributed by atoms with van der Waals surface area (Å²) < 4.78 is 4.70. The maximum atomic E-state index is 11.2. The highest BCUT2D eigenvalue weighted by Gasteiger charge is 2.20. The summed E-state index contributed by atoms with van der Waals surface area (Å²) in [4.78, 5) is 32.5. The first-order chi connectivity index (χ1) is 7.97. The molecule has 0 saturated carbocycles. The molecule has 0 aromatic rings. The van der Waals surface area contributed by atoms with Crippen molar-refractivity contribution >= 4 is 17.9 Å². The fourth-order valence-corrected chi connectivity index (χ4v) is 1.02. The molecule has 0 radical (unpaired) electrons. The number of hydrogen-bond acceptors (Lipinski definition) is 4. The van der Waals surface area contributed by atoms with E-state index in [0.717, 1.165) is 0 Å². The number of nitrogens with two attached hydrogens (primary N) is 1. The SMILES string of the molecule is COCCNC(=O)NC(CCC(N)=O)C(=O)O. The normalized spacial score (nSPS) is 11.6. The van der Waals surface area contributed by atoms with Crippen molar-refractivity contribution in [3.8, 4) is 0 Å². The molecular formula is C9H17N3O5. The van der Waals surface area contributed by atoms with Crippen LogP contribution in [0.25, 0.3) is 0 Å². The molecule has 0 spiro atoms. The van der Waals surface area contributed by atoms with Gasteiger partial charge in [0.05, 0.1) is 6.61 Å². The molecule has 5 N–H and O–H groups in total. The van der Waals surface area contributed by atoms with Gasteiger partial charge in [0.15, 0.2) is 0 Å². The van der Waals surface area contributed by atoms with Gasteiger partial charge >= 0.3 is 12.0 Å². The molecule has 1 atom stereocenters. The van der Waals surface area contributed by atoms with E-state index in [9.17, 15) is 14.4 Å². The number of urea groups is 1. The largest absolute Gasteiger partial charge is 0.480 e. The second-order valence-electron chi connectivity index (χ2n) is 3.29. The summed E-state index contributed by atoms with van der Waals surface area (Å²) >= 11 is 0. The van der Waals surface area contributed by atoms with E-state index in [0.29, 0.717) is 6.61 Å². The van der Waals surface area contributed by atoms with E-state index in [4.69, 9.17) is 15.6 Å². The van der Waals surface area contributed by atoms with E-state index >= 15 is 0 Å². The molecule has 0 aliphatic carbocycles.